The molecule has 1 saturated carbocycles. The molecule has 4 rings (SSSR count). The van der Waals surface area contributed by atoms with E-state index < -0.39 is 0 Å². The number of rotatable bonds is 4. The lowest BCUT2D eigenvalue weighted by atomic mass is 9.93. The van der Waals surface area contributed by atoms with Gasteiger partial charge in [-0.2, -0.15) is 5.10 Å². The van der Waals surface area contributed by atoms with Crippen molar-refractivity contribution >= 4 is 17.6 Å². The van der Waals surface area contributed by atoms with E-state index in [2.05, 4.69) is 20.7 Å². The highest BCUT2D eigenvalue weighted by Gasteiger charge is 2.25. The first-order valence-electron chi connectivity index (χ1n) is 9.13. The second-order valence-electron chi connectivity index (χ2n) is 6.61. The van der Waals surface area contributed by atoms with E-state index in [9.17, 15) is 4.79 Å². The summed E-state index contributed by atoms with van der Waals surface area (Å²) in [7, 11) is 1.58. The Morgan fingerprint density at radius 3 is 2.67 bits per heavy atom. The highest BCUT2D eigenvalue weighted by molar-refractivity contribution is 5.76. The molecule has 8 nitrogen and oxygen atoms in total. The number of amides is 1. The molecule has 3 heterocycles. The molecule has 0 aliphatic heterocycles. The minimum atomic E-state index is -0.363. The number of nitrogens with zero attached hydrogens (tertiary/aromatic N) is 4. The zero-order valence-corrected chi connectivity index (χ0v) is 15.1. The Kier molecular flexibility index (Phi) is 4.86. The summed E-state index contributed by atoms with van der Waals surface area (Å²) in [5.74, 6) is 0.815. The Balaban J connectivity index is 1.54. The third-order valence-electron chi connectivity index (χ3n) is 4.84. The predicted octanol–water partition coefficient (Wildman–Crippen LogP) is 2.87. The third kappa shape index (κ3) is 3.69. The molecule has 8 heteroatoms. The smallest absolute Gasteiger partial charge is 0.407 e. The van der Waals surface area contributed by atoms with Gasteiger partial charge in [-0.05, 0) is 49.9 Å². The van der Waals surface area contributed by atoms with E-state index in [4.69, 9.17) is 9.72 Å². The summed E-state index contributed by atoms with van der Waals surface area (Å²) in [4.78, 5) is 20.2. The van der Waals surface area contributed by atoms with Crippen LogP contribution in [0.2, 0.25) is 0 Å². The number of imidazole rings is 1. The number of carbonyl (C=O) groups excluding carboxylic acids is 1. The zero-order chi connectivity index (χ0) is 18.6. The molecule has 3 aromatic heterocycles. The van der Waals surface area contributed by atoms with Crippen molar-refractivity contribution in [2.75, 3.05) is 12.4 Å². The molecule has 1 fully saturated rings. The van der Waals surface area contributed by atoms with E-state index in [1.54, 1.807) is 25.6 Å². The average Bonchev–Trinajstić information content (AvgIpc) is 3.08. The van der Waals surface area contributed by atoms with Gasteiger partial charge in [-0.15, -0.1) is 0 Å². The monoisotopic (exact) mass is 366 g/mol. The van der Waals surface area contributed by atoms with Crippen LogP contribution >= 0.6 is 0 Å². The lowest BCUT2D eigenvalue weighted by molar-refractivity contribution is 0.0747. The Morgan fingerprint density at radius 1 is 1.15 bits per heavy atom. The standard InChI is InChI=1S/C19H22N6O2/c1-20-19(26)27-15-6-4-14(5-7-15)23-18-17(13-8-11-21-12-9-13)25-16(24-18)3-2-10-22-25/h2-3,8-12,14-15,23H,4-7H2,1H3,(H,20,26). The number of fused-ring (bicyclic) bond motifs is 1. The van der Waals surface area contributed by atoms with Gasteiger partial charge in [-0.1, -0.05) is 0 Å². The fourth-order valence-corrected chi connectivity index (χ4v) is 3.49. The Labute approximate surface area is 157 Å². The summed E-state index contributed by atoms with van der Waals surface area (Å²) >= 11 is 0. The molecule has 27 heavy (non-hydrogen) atoms. The minimum absolute atomic E-state index is 0.0228. The summed E-state index contributed by atoms with van der Waals surface area (Å²) in [5, 5.41) is 10.5. The molecule has 0 saturated heterocycles. The van der Waals surface area contributed by atoms with E-state index >= 15 is 0 Å². The van der Waals surface area contributed by atoms with Crippen LogP contribution in [0.5, 0.6) is 0 Å². The van der Waals surface area contributed by atoms with Gasteiger partial charge in [0.15, 0.2) is 11.5 Å². The molecule has 2 N–H and O–H groups in total. The largest absolute Gasteiger partial charge is 0.446 e. The summed E-state index contributed by atoms with van der Waals surface area (Å²) in [6.07, 6.45) is 8.40. The number of aromatic nitrogens is 4. The number of carbonyl (C=O) groups is 1. The molecule has 140 valence electrons. The first kappa shape index (κ1) is 17.3. The van der Waals surface area contributed by atoms with Gasteiger partial charge in [0.2, 0.25) is 0 Å². The average molecular weight is 366 g/mol. The maximum absolute atomic E-state index is 11.4. The van der Waals surface area contributed by atoms with Gasteiger partial charge in [0.1, 0.15) is 11.8 Å². The van der Waals surface area contributed by atoms with Crippen molar-refractivity contribution < 1.29 is 9.53 Å². The Bertz CT molecular complexity index is 918. The van der Waals surface area contributed by atoms with Crippen molar-refractivity contribution in [2.24, 2.45) is 0 Å². The normalized spacial score (nSPS) is 19.6. The molecule has 1 amide bonds. The molecule has 0 aromatic carbocycles. The molecule has 3 aromatic rings. The van der Waals surface area contributed by atoms with Crippen LogP contribution in [-0.4, -0.2) is 44.9 Å². The van der Waals surface area contributed by atoms with Crippen LogP contribution in [0.4, 0.5) is 10.6 Å². The van der Waals surface area contributed by atoms with Crippen LogP contribution in [0.25, 0.3) is 16.9 Å². The van der Waals surface area contributed by atoms with E-state index in [1.807, 2.05) is 28.8 Å². The molecule has 0 spiro atoms. The summed E-state index contributed by atoms with van der Waals surface area (Å²) in [6.45, 7) is 0. The van der Waals surface area contributed by atoms with Crippen LogP contribution in [0, 0.1) is 0 Å². The van der Waals surface area contributed by atoms with Crippen LogP contribution in [0.1, 0.15) is 25.7 Å². The lowest BCUT2D eigenvalue weighted by Crippen LogP contribution is -2.33. The number of anilines is 1. The van der Waals surface area contributed by atoms with Crippen molar-refractivity contribution in [3.8, 4) is 11.3 Å². The van der Waals surface area contributed by atoms with Crippen molar-refractivity contribution in [3.63, 3.8) is 0 Å². The number of nitrogens with one attached hydrogen (secondary N) is 2. The number of ether oxygens (including phenoxy) is 1. The van der Waals surface area contributed by atoms with Gasteiger partial charge in [0, 0.05) is 37.2 Å². The first-order valence-corrected chi connectivity index (χ1v) is 9.13. The van der Waals surface area contributed by atoms with E-state index in [0.717, 1.165) is 48.4 Å². The Hall–Kier alpha value is -3.16. The van der Waals surface area contributed by atoms with E-state index in [0.29, 0.717) is 0 Å². The quantitative estimate of drug-likeness (QED) is 0.737. The Morgan fingerprint density at radius 2 is 1.93 bits per heavy atom. The zero-order valence-electron chi connectivity index (χ0n) is 15.1. The van der Waals surface area contributed by atoms with Crippen LogP contribution in [0.15, 0.2) is 42.9 Å². The van der Waals surface area contributed by atoms with Crippen molar-refractivity contribution in [1.82, 2.24) is 24.9 Å². The highest BCUT2D eigenvalue weighted by Crippen LogP contribution is 2.31. The van der Waals surface area contributed by atoms with Gasteiger partial charge in [0.25, 0.3) is 0 Å². The van der Waals surface area contributed by atoms with Crippen molar-refractivity contribution in [3.05, 3.63) is 42.9 Å². The van der Waals surface area contributed by atoms with Gasteiger partial charge >= 0.3 is 6.09 Å². The number of hydrogen-bond acceptors (Lipinski definition) is 6. The van der Waals surface area contributed by atoms with Crippen LogP contribution < -0.4 is 10.6 Å². The summed E-state index contributed by atoms with van der Waals surface area (Å²) < 4.78 is 7.21. The number of pyridine rings is 1. The van der Waals surface area contributed by atoms with E-state index in [-0.39, 0.29) is 18.2 Å². The summed E-state index contributed by atoms with van der Waals surface area (Å²) in [5.41, 5.74) is 2.73. The molecule has 0 bridgehead atoms. The van der Waals surface area contributed by atoms with Gasteiger partial charge in [-0.25, -0.2) is 14.3 Å². The first-order chi connectivity index (χ1) is 13.2. The van der Waals surface area contributed by atoms with Crippen molar-refractivity contribution in [2.45, 2.75) is 37.8 Å². The predicted molar refractivity (Wildman–Crippen MR) is 101 cm³/mol. The number of alkyl carbamates (subject to hydrolysis) is 1. The summed E-state index contributed by atoms with van der Waals surface area (Å²) in [6, 6.07) is 8.01. The van der Waals surface area contributed by atoms with Crippen LogP contribution in [-0.2, 0) is 4.74 Å². The van der Waals surface area contributed by atoms with Crippen LogP contribution in [0.3, 0.4) is 0 Å². The van der Waals surface area contributed by atoms with E-state index in [1.165, 1.54) is 0 Å². The second-order valence-corrected chi connectivity index (χ2v) is 6.61. The maximum Gasteiger partial charge on any atom is 0.407 e. The molecule has 0 unspecified atom stereocenters. The fraction of sp³-hybridized carbons (Fsp3) is 0.368. The molecule has 0 radical (unpaired) electrons. The second kappa shape index (κ2) is 7.61. The highest BCUT2D eigenvalue weighted by atomic mass is 16.6. The lowest BCUT2D eigenvalue weighted by Gasteiger charge is -2.29. The maximum atomic E-state index is 11.4. The van der Waals surface area contributed by atoms with Gasteiger partial charge in [-0.3, -0.25) is 4.98 Å². The van der Waals surface area contributed by atoms with Crippen molar-refractivity contribution in [1.29, 1.82) is 0 Å². The molecular formula is C19H22N6O2. The SMILES string of the molecule is CNC(=O)OC1CCC(Nc2nc3cccnn3c2-c2ccncc2)CC1. The minimum Gasteiger partial charge on any atom is -0.446 e. The topological polar surface area (TPSA) is 93.4 Å². The molecule has 1 aliphatic carbocycles. The fourth-order valence-electron chi connectivity index (χ4n) is 3.49. The van der Waals surface area contributed by atoms with Gasteiger partial charge in [0.05, 0.1) is 0 Å². The molecule has 0 atom stereocenters. The molecule has 1 aliphatic rings. The third-order valence-corrected chi connectivity index (χ3v) is 4.84. The van der Waals surface area contributed by atoms with Gasteiger partial charge < -0.3 is 15.4 Å². The molecular weight excluding hydrogens is 344 g/mol. The number of hydrogen-bond donors (Lipinski definition) is 2.